The van der Waals surface area contributed by atoms with E-state index < -0.39 is 5.60 Å². The third-order valence-corrected chi connectivity index (χ3v) is 6.57. The summed E-state index contributed by atoms with van der Waals surface area (Å²) in [5.41, 5.74) is 0.293. The summed E-state index contributed by atoms with van der Waals surface area (Å²) < 4.78 is 0. The van der Waals surface area contributed by atoms with Gasteiger partial charge in [-0.25, -0.2) is 0 Å². The Bertz CT molecular complexity index is 625. The van der Waals surface area contributed by atoms with Crippen molar-refractivity contribution in [3.8, 4) is 6.07 Å². The van der Waals surface area contributed by atoms with Gasteiger partial charge in [0.25, 0.3) is 0 Å². The van der Waals surface area contributed by atoms with Crippen molar-refractivity contribution >= 4 is 0 Å². The molecule has 4 heteroatoms. The number of nitrogens with zero attached hydrogens (tertiary/aromatic N) is 1. The first kappa shape index (κ1) is 16.1. The molecular formula is C20H26N2O2. The molecule has 4 aliphatic rings. The van der Waals surface area contributed by atoms with Crippen molar-refractivity contribution in [2.75, 3.05) is 6.61 Å². The van der Waals surface area contributed by atoms with Gasteiger partial charge in [-0.2, -0.15) is 5.26 Å². The SMILES string of the molecule is N#CC(NC(CO)c1ccccc1)C12CC3CC(CC(O)(C3)C1)C2. The number of benzene rings is 1. The molecule has 0 radical (unpaired) electrons. The normalized spacial score (nSPS) is 39.4. The second kappa shape index (κ2) is 5.84. The molecule has 4 bridgehead atoms. The highest BCUT2D eigenvalue weighted by molar-refractivity contribution is 5.22. The summed E-state index contributed by atoms with van der Waals surface area (Å²) in [4.78, 5) is 0. The summed E-state index contributed by atoms with van der Waals surface area (Å²) in [5, 5.41) is 34.1. The van der Waals surface area contributed by atoms with Crippen LogP contribution in [0.5, 0.6) is 0 Å². The van der Waals surface area contributed by atoms with Crippen LogP contribution in [0.2, 0.25) is 0 Å². The Morgan fingerprint density at radius 2 is 1.83 bits per heavy atom. The number of hydrogen-bond acceptors (Lipinski definition) is 4. The summed E-state index contributed by atoms with van der Waals surface area (Å²) >= 11 is 0. The number of rotatable bonds is 5. The summed E-state index contributed by atoms with van der Waals surface area (Å²) in [6.07, 6.45) is 5.82. The molecule has 0 aromatic heterocycles. The third kappa shape index (κ3) is 2.65. The summed E-state index contributed by atoms with van der Waals surface area (Å²) in [6.45, 7) is -0.0323. The van der Waals surface area contributed by atoms with Gasteiger partial charge in [-0.3, -0.25) is 5.32 Å². The zero-order valence-electron chi connectivity index (χ0n) is 14.0. The van der Waals surface area contributed by atoms with E-state index in [1.54, 1.807) is 0 Å². The molecule has 4 fully saturated rings. The molecule has 0 amide bonds. The Morgan fingerprint density at radius 1 is 1.17 bits per heavy atom. The topological polar surface area (TPSA) is 76.3 Å². The van der Waals surface area contributed by atoms with E-state index >= 15 is 0 Å². The lowest BCUT2D eigenvalue weighted by atomic mass is 9.46. The molecule has 0 aliphatic heterocycles. The fraction of sp³-hybridized carbons (Fsp3) is 0.650. The number of nitriles is 1. The van der Waals surface area contributed by atoms with Crippen LogP contribution in [0.4, 0.5) is 0 Å². The van der Waals surface area contributed by atoms with Crippen molar-refractivity contribution in [2.24, 2.45) is 17.3 Å². The Morgan fingerprint density at radius 3 is 2.38 bits per heavy atom. The second-order valence-electron chi connectivity index (χ2n) is 8.42. The molecule has 4 atom stereocenters. The first-order valence-electron chi connectivity index (χ1n) is 9.10. The van der Waals surface area contributed by atoms with Gasteiger partial charge < -0.3 is 10.2 Å². The second-order valence-corrected chi connectivity index (χ2v) is 8.42. The maximum atomic E-state index is 10.9. The number of nitrogens with one attached hydrogen (secondary N) is 1. The van der Waals surface area contributed by atoms with Gasteiger partial charge in [-0.1, -0.05) is 30.3 Å². The Hall–Kier alpha value is -1.41. The predicted molar refractivity (Wildman–Crippen MR) is 90.9 cm³/mol. The molecule has 4 nitrogen and oxygen atoms in total. The predicted octanol–water partition coefficient (Wildman–Crippen LogP) is 2.53. The van der Waals surface area contributed by atoms with E-state index in [0.29, 0.717) is 11.8 Å². The maximum Gasteiger partial charge on any atom is 0.102 e. The highest BCUT2D eigenvalue weighted by atomic mass is 16.3. The average Bonchev–Trinajstić information content (AvgIpc) is 2.54. The minimum absolute atomic E-state index is 0.0323. The highest BCUT2D eigenvalue weighted by Crippen LogP contribution is 2.62. The van der Waals surface area contributed by atoms with Crippen molar-refractivity contribution in [1.29, 1.82) is 5.26 Å². The first-order valence-corrected chi connectivity index (χ1v) is 9.10. The Labute approximate surface area is 143 Å². The molecule has 1 aromatic carbocycles. The van der Waals surface area contributed by atoms with Crippen LogP contribution in [0.25, 0.3) is 0 Å². The molecule has 0 spiro atoms. The molecule has 128 valence electrons. The van der Waals surface area contributed by atoms with Crippen LogP contribution < -0.4 is 5.32 Å². The summed E-state index contributed by atoms with van der Waals surface area (Å²) in [6, 6.07) is 11.7. The Balaban J connectivity index is 1.59. The minimum Gasteiger partial charge on any atom is -0.394 e. The molecule has 5 rings (SSSR count). The van der Waals surface area contributed by atoms with E-state index in [2.05, 4.69) is 11.4 Å². The van der Waals surface area contributed by atoms with Gasteiger partial charge in [0.15, 0.2) is 0 Å². The smallest absolute Gasteiger partial charge is 0.102 e. The quantitative estimate of drug-likeness (QED) is 0.777. The van der Waals surface area contributed by atoms with E-state index in [1.807, 2.05) is 30.3 Å². The van der Waals surface area contributed by atoms with Crippen LogP contribution in [-0.4, -0.2) is 28.5 Å². The molecule has 0 heterocycles. The van der Waals surface area contributed by atoms with Crippen LogP contribution >= 0.6 is 0 Å². The van der Waals surface area contributed by atoms with Gasteiger partial charge in [0.05, 0.1) is 24.3 Å². The van der Waals surface area contributed by atoms with Gasteiger partial charge in [-0.05, 0) is 55.9 Å². The molecular weight excluding hydrogens is 300 g/mol. The fourth-order valence-corrected chi connectivity index (χ4v) is 6.11. The van der Waals surface area contributed by atoms with Crippen LogP contribution in [-0.2, 0) is 0 Å². The molecule has 0 saturated heterocycles. The van der Waals surface area contributed by atoms with E-state index in [4.69, 9.17) is 0 Å². The third-order valence-electron chi connectivity index (χ3n) is 6.57. The van der Waals surface area contributed by atoms with Crippen molar-refractivity contribution in [3.05, 3.63) is 35.9 Å². The fourth-order valence-electron chi connectivity index (χ4n) is 6.11. The van der Waals surface area contributed by atoms with Gasteiger partial charge in [0.1, 0.15) is 6.04 Å². The van der Waals surface area contributed by atoms with E-state index in [-0.39, 0.29) is 24.1 Å². The van der Waals surface area contributed by atoms with Crippen molar-refractivity contribution in [1.82, 2.24) is 5.32 Å². The van der Waals surface area contributed by atoms with Crippen molar-refractivity contribution < 1.29 is 10.2 Å². The molecule has 4 aliphatic carbocycles. The first-order chi connectivity index (χ1) is 11.6. The largest absolute Gasteiger partial charge is 0.394 e. The minimum atomic E-state index is -0.567. The monoisotopic (exact) mass is 326 g/mol. The molecule has 3 N–H and O–H groups in total. The van der Waals surface area contributed by atoms with E-state index in [9.17, 15) is 15.5 Å². The number of aliphatic hydroxyl groups excluding tert-OH is 1. The summed E-state index contributed by atoms with van der Waals surface area (Å²) in [5.74, 6) is 1.11. The van der Waals surface area contributed by atoms with Crippen LogP contribution in [0, 0.1) is 28.6 Å². The van der Waals surface area contributed by atoms with Crippen molar-refractivity contribution in [2.45, 2.75) is 56.2 Å². The van der Waals surface area contributed by atoms with Crippen molar-refractivity contribution in [3.63, 3.8) is 0 Å². The lowest BCUT2D eigenvalue weighted by molar-refractivity contribution is -0.169. The number of aliphatic hydroxyl groups is 2. The summed E-state index contributed by atoms with van der Waals surface area (Å²) in [7, 11) is 0. The van der Waals surface area contributed by atoms with Gasteiger partial charge in [-0.15, -0.1) is 0 Å². The zero-order chi connectivity index (χ0) is 16.8. The van der Waals surface area contributed by atoms with Gasteiger partial charge in [0, 0.05) is 5.41 Å². The maximum absolute atomic E-state index is 10.9. The lowest BCUT2D eigenvalue weighted by Crippen LogP contribution is -2.61. The standard InChI is InChI=1S/C20H26N2O2/c21-11-18(22-17(12-23)16-4-2-1-3-5-16)19-7-14-6-15(8-19)10-20(24,9-14)13-19/h1-5,14-15,17-18,22-24H,6-10,12-13H2. The van der Waals surface area contributed by atoms with Crippen LogP contribution in [0.3, 0.4) is 0 Å². The zero-order valence-corrected chi connectivity index (χ0v) is 14.0. The molecule has 4 unspecified atom stereocenters. The highest BCUT2D eigenvalue weighted by Gasteiger charge is 2.60. The van der Waals surface area contributed by atoms with Gasteiger partial charge in [0.2, 0.25) is 0 Å². The van der Waals surface area contributed by atoms with Crippen LogP contribution in [0.15, 0.2) is 30.3 Å². The average molecular weight is 326 g/mol. The van der Waals surface area contributed by atoms with E-state index in [1.165, 1.54) is 6.42 Å². The van der Waals surface area contributed by atoms with E-state index in [0.717, 1.165) is 37.7 Å². The van der Waals surface area contributed by atoms with Gasteiger partial charge >= 0.3 is 0 Å². The van der Waals surface area contributed by atoms with Crippen LogP contribution in [0.1, 0.15) is 50.1 Å². The Kier molecular flexibility index (Phi) is 3.91. The molecule has 1 aromatic rings. The number of hydrogen-bond donors (Lipinski definition) is 3. The molecule has 24 heavy (non-hydrogen) atoms. The molecule has 4 saturated carbocycles. The lowest BCUT2D eigenvalue weighted by Gasteiger charge is -2.61.